The Hall–Kier alpha value is -2.75. The highest BCUT2D eigenvalue weighted by Crippen LogP contribution is 2.43. The molecule has 0 bridgehead atoms. The van der Waals surface area contributed by atoms with Crippen LogP contribution in [0.5, 0.6) is 5.75 Å². The van der Waals surface area contributed by atoms with Crippen LogP contribution >= 0.6 is 0 Å². The lowest BCUT2D eigenvalue weighted by Gasteiger charge is -2.40. The zero-order chi connectivity index (χ0) is 28.9. The number of ether oxygens (including phenoxy) is 3. The van der Waals surface area contributed by atoms with Crippen molar-refractivity contribution in [2.75, 3.05) is 57.4 Å². The smallest absolute Gasteiger partial charge is 0.337 e. The van der Waals surface area contributed by atoms with Crippen molar-refractivity contribution in [2.45, 2.75) is 72.5 Å². The lowest BCUT2D eigenvalue weighted by Crippen LogP contribution is -2.39. The van der Waals surface area contributed by atoms with Crippen molar-refractivity contribution in [3.8, 4) is 17.0 Å². The number of morpholine rings is 1. The summed E-state index contributed by atoms with van der Waals surface area (Å²) in [6, 6.07) is 3.87. The number of rotatable bonds is 10. The summed E-state index contributed by atoms with van der Waals surface area (Å²) in [6.07, 6.45) is 5.37. The molecule has 220 valence electrons. The SMILES string of the molecule is Cc1ncc(-c2ccc(OCCCN3CCOCC3)cn2)c(N2CCC(C)(C)CC2)c1[C@H](OC(C)(C)C)C(=O)O. The van der Waals surface area contributed by atoms with Crippen molar-refractivity contribution in [1.29, 1.82) is 0 Å². The average Bonchev–Trinajstić information content (AvgIpc) is 2.90. The molecule has 2 aromatic rings. The molecule has 4 heterocycles. The topological polar surface area (TPSA) is 97.3 Å². The van der Waals surface area contributed by atoms with Crippen molar-refractivity contribution >= 4 is 11.7 Å². The highest BCUT2D eigenvalue weighted by Gasteiger charge is 2.36. The van der Waals surface area contributed by atoms with Gasteiger partial charge in [0.1, 0.15) is 5.75 Å². The van der Waals surface area contributed by atoms with Gasteiger partial charge in [-0.25, -0.2) is 4.79 Å². The molecule has 2 aliphatic rings. The molecule has 0 aromatic carbocycles. The Bertz CT molecular complexity index is 1130. The van der Waals surface area contributed by atoms with Crippen molar-refractivity contribution < 1.29 is 24.1 Å². The van der Waals surface area contributed by atoms with Crippen LogP contribution in [0.1, 0.15) is 71.2 Å². The number of aromatic nitrogens is 2. The Kier molecular flexibility index (Phi) is 9.69. The molecule has 0 radical (unpaired) electrons. The number of pyridine rings is 2. The Labute approximate surface area is 238 Å². The molecule has 0 aliphatic carbocycles. The van der Waals surface area contributed by atoms with Crippen LogP contribution in [0.2, 0.25) is 0 Å². The van der Waals surface area contributed by atoms with Gasteiger partial charge in [0, 0.05) is 55.7 Å². The highest BCUT2D eigenvalue weighted by atomic mass is 16.5. The van der Waals surface area contributed by atoms with E-state index in [1.807, 2.05) is 46.0 Å². The van der Waals surface area contributed by atoms with Crippen molar-refractivity contribution in [1.82, 2.24) is 14.9 Å². The molecule has 2 fully saturated rings. The summed E-state index contributed by atoms with van der Waals surface area (Å²) in [5.41, 5.74) is 3.24. The fourth-order valence-electron chi connectivity index (χ4n) is 5.30. The number of nitrogens with zero attached hydrogens (tertiary/aromatic N) is 4. The summed E-state index contributed by atoms with van der Waals surface area (Å²) >= 11 is 0. The standard InChI is InChI=1S/C31H46N4O5/c1-22-26(28(29(36)37)40-30(2,3)4)27(35-13-10-31(5,6)11-14-35)24(21-32-22)25-9-8-23(20-33-25)39-17-7-12-34-15-18-38-19-16-34/h8-9,20-21,28H,7,10-19H2,1-6H3,(H,36,37)/t28-/m0/s1. The number of carboxylic acids is 1. The molecule has 0 spiro atoms. The summed E-state index contributed by atoms with van der Waals surface area (Å²) < 4.78 is 17.5. The number of carboxylic acid groups (broad SMARTS) is 1. The van der Waals surface area contributed by atoms with Crippen molar-refractivity contribution in [3.05, 3.63) is 35.8 Å². The highest BCUT2D eigenvalue weighted by molar-refractivity contribution is 5.85. The second-order valence-corrected chi connectivity index (χ2v) is 12.7. The van der Waals surface area contributed by atoms with Crippen LogP contribution in [0, 0.1) is 12.3 Å². The van der Waals surface area contributed by atoms with Gasteiger partial charge in [0.25, 0.3) is 0 Å². The summed E-state index contributed by atoms with van der Waals surface area (Å²) in [5, 5.41) is 10.3. The molecule has 0 amide bonds. The number of hydrogen-bond donors (Lipinski definition) is 1. The zero-order valence-electron chi connectivity index (χ0n) is 25.0. The predicted octanol–water partition coefficient (Wildman–Crippen LogP) is 5.12. The Morgan fingerprint density at radius 1 is 1.10 bits per heavy atom. The van der Waals surface area contributed by atoms with E-state index in [1.165, 1.54) is 0 Å². The maximum Gasteiger partial charge on any atom is 0.337 e. The molecule has 9 nitrogen and oxygen atoms in total. The van der Waals surface area contributed by atoms with E-state index >= 15 is 0 Å². The first kappa shape index (κ1) is 30.2. The molecule has 9 heteroatoms. The van der Waals surface area contributed by atoms with Crippen LogP contribution in [0.4, 0.5) is 5.69 Å². The fraction of sp³-hybridized carbons (Fsp3) is 0.645. The van der Waals surface area contributed by atoms with E-state index in [9.17, 15) is 9.90 Å². The first-order valence-corrected chi connectivity index (χ1v) is 14.5. The Morgan fingerprint density at radius 2 is 1.80 bits per heavy atom. The number of anilines is 1. The summed E-state index contributed by atoms with van der Waals surface area (Å²) in [7, 11) is 0. The van der Waals surface area contributed by atoms with Gasteiger partial charge < -0.3 is 24.2 Å². The van der Waals surface area contributed by atoms with Gasteiger partial charge in [-0.2, -0.15) is 0 Å². The zero-order valence-corrected chi connectivity index (χ0v) is 25.0. The second-order valence-electron chi connectivity index (χ2n) is 12.7. The molecule has 4 rings (SSSR count). The van der Waals surface area contributed by atoms with Crippen molar-refractivity contribution in [2.24, 2.45) is 5.41 Å². The molecule has 2 aliphatic heterocycles. The minimum Gasteiger partial charge on any atom is -0.492 e. The molecule has 2 aromatic heterocycles. The first-order chi connectivity index (χ1) is 18.9. The van der Waals surface area contributed by atoms with Gasteiger partial charge in [-0.3, -0.25) is 14.9 Å². The van der Waals surface area contributed by atoms with Gasteiger partial charge >= 0.3 is 5.97 Å². The van der Waals surface area contributed by atoms with E-state index < -0.39 is 17.7 Å². The molecule has 40 heavy (non-hydrogen) atoms. The van der Waals surface area contributed by atoms with Crippen LogP contribution in [-0.4, -0.2) is 84.1 Å². The third-order valence-electron chi connectivity index (χ3n) is 7.68. The van der Waals surface area contributed by atoms with E-state index in [0.717, 1.165) is 82.1 Å². The normalized spacial score (nSPS) is 18.9. The molecular weight excluding hydrogens is 508 g/mol. The predicted molar refractivity (Wildman–Crippen MR) is 156 cm³/mol. The molecule has 0 saturated carbocycles. The number of aryl methyl sites for hydroxylation is 1. The van der Waals surface area contributed by atoms with Crippen LogP contribution in [-0.2, 0) is 14.3 Å². The number of piperidine rings is 1. The van der Waals surface area contributed by atoms with E-state index in [2.05, 4.69) is 28.6 Å². The van der Waals surface area contributed by atoms with E-state index in [0.29, 0.717) is 23.6 Å². The fourth-order valence-corrected chi connectivity index (χ4v) is 5.30. The van der Waals surface area contributed by atoms with Crippen molar-refractivity contribution in [3.63, 3.8) is 0 Å². The third-order valence-corrected chi connectivity index (χ3v) is 7.68. The number of hydrogen-bond acceptors (Lipinski definition) is 8. The summed E-state index contributed by atoms with van der Waals surface area (Å²) in [5.74, 6) is -0.309. The third kappa shape index (κ3) is 7.92. The van der Waals surface area contributed by atoms with E-state index in [4.69, 9.17) is 19.2 Å². The lowest BCUT2D eigenvalue weighted by atomic mass is 9.82. The number of aliphatic carboxylic acids is 1. The maximum atomic E-state index is 12.6. The minimum absolute atomic E-state index is 0.242. The van der Waals surface area contributed by atoms with Gasteiger partial charge in [0.2, 0.25) is 0 Å². The molecule has 1 atom stereocenters. The Morgan fingerprint density at radius 3 is 2.40 bits per heavy atom. The molecule has 1 N–H and O–H groups in total. The summed E-state index contributed by atoms with van der Waals surface area (Å²) in [6.45, 7) is 18.9. The summed E-state index contributed by atoms with van der Waals surface area (Å²) in [4.78, 5) is 26.7. The molecule has 2 saturated heterocycles. The largest absolute Gasteiger partial charge is 0.492 e. The monoisotopic (exact) mass is 554 g/mol. The quantitative estimate of drug-likeness (QED) is 0.401. The lowest BCUT2D eigenvalue weighted by molar-refractivity contribution is -0.160. The molecule has 0 unspecified atom stereocenters. The van der Waals surface area contributed by atoms with Crippen LogP contribution < -0.4 is 9.64 Å². The first-order valence-electron chi connectivity index (χ1n) is 14.5. The molecular formula is C31H46N4O5. The second kappa shape index (κ2) is 12.8. The van der Waals surface area contributed by atoms with Crippen LogP contribution in [0.25, 0.3) is 11.3 Å². The van der Waals surface area contributed by atoms with E-state index in [1.54, 1.807) is 6.20 Å². The minimum atomic E-state index is -1.15. The average molecular weight is 555 g/mol. The van der Waals surface area contributed by atoms with Crippen LogP contribution in [0.15, 0.2) is 24.5 Å². The Balaban J connectivity index is 1.61. The van der Waals surface area contributed by atoms with Crippen LogP contribution in [0.3, 0.4) is 0 Å². The van der Waals surface area contributed by atoms with Gasteiger partial charge in [0.15, 0.2) is 6.10 Å². The van der Waals surface area contributed by atoms with Gasteiger partial charge in [-0.15, -0.1) is 0 Å². The maximum absolute atomic E-state index is 12.6. The van der Waals surface area contributed by atoms with Gasteiger partial charge in [-0.1, -0.05) is 13.8 Å². The van der Waals surface area contributed by atoms with Gasteiger partial charge in [-0.05, 0) is 64.5 Å². The van der Waals surface area contributed by atoms with E-state index in [-0.39, 0.29) is 5.41 Å². The van der Waals surface area contributed by atoms with Gasteiger partial charge in [0.05, 0.1) is 43.0 Å². The number of carbonyl (C=O) groups is 1.